The summed E-state index contributed by atoms with van der Waals surface area (Å²) in [5.41, 5.74) is 0.439. The van der Waals surface area contributed by atoms with Crippen molar-refractivity contribution >= 4 is 0 Å². The molecule has 0 radical (unpaired) electrons. The molecule has 1 N–H and O–H groups in total. The average molecular weight is 283 g/mol. The topological polar surface area (TPSA) is 27.7 Å². The highest BCUT2D eigenvalue weighted by Gasteiger charge is 2.39. The van der Waals surface area contributed by atoms with Gasteiger partial charge >= 0.3 is 0 Å². The number of hydrogen-bond acceptors (Lipinski definition) is 4. The van der Waals surface area contributed by atoms with Crippen molar-refractivity contribution in [2.24, 2.45) is 0 Å². The summed E-state index contributed by atoms with van der Waals surface area (Å²) in [5.74, 6) is 0. The van der Waals surface area contributed by atoms with Crippen LogP contribution in [0.2, 0.25) is 0 Å². The largest absolute Gasteiger partial charge is 0.377 e. The molecule has 1 heterocycles. The van der Waals surface area contributed by atoms with Crippen molar-refractivity contribution in [1.82, 2.24) is 15.1 Å². The summed E-state index contributed by atoms with van der Waals surface area (Å²) < 4.78 is 5.73. The Labute approximate surface area is 124 Å². The fourth-order valence-electron chi connectivity index (χ4n) is 3.52. The number of rotatable bonds is 8. The second-order valence-corrected chi connectivity index (χ2v) is 7.00. The van der Waals surface area contributed by atoms with Gasteiger partial charge in [0.25, 0.3) is 0 Å². The Morgan fingerprint density at radius 3 is 2.50 bits per heavy atom. The van der Waals surface area contributed by atoms with Crippen molar-refractivity contribution in [2.75, 3.05) is 47.4 Å². The molecule has 20 heavy (non-hydrogen) atoms. The zero-order chi connectivity index (χ0) is 14.6. The number of likely N-dealkylation sites (N-methyl/N-ethyl adjacent to an activating group) is 2. The van der Waals surface area contributed by atoms with Crippen molar-refractivity contribution in [3.63, 3.8) is 0 Å². The smallest absolute Gasteiger partial charge is 0.0726 e. The number of ether oxygens (including phenoxy) is 1. The third-order valence-electron chi connectivity index (χ3n) is 5.28. The van der Waals surface area contributed by atoms with Crippen LogP contribution >= 0.6 is 0 Å². The van der Waals surface area contributed by atoms with Gasteiger partial charge in [-0.1, -0.05) is 0 Å². The molecule has 1 aliphatic carbocycles. The van der Waals surface area contributed by atoms with Crippen LogP contribution in [0.3, 0.4) is 0 Å². The van der Waals surface area contributed by atoms with Crippen LogP contribution in [0.1, 0.15) is 39.0 Å². The van der Waals surface area contributed by atoms with E-state index in [2.05, 4.69) is 43.2 Å². The van der Waals surface area contributed by atoms with Crippen LogP contribution in [-0.2, 0) is 4.74 Å². The van der Waals surface area contributed by atoms with E-state index in [-0.39, 0.29) is 0 Å². The molecule has 2 unspecified atom stereocenters. The summed E-state index contributed by atoms with van der Waals surface area (Å²) in [5, 5.41) is 3.63. The molecule has 1 saturated carbocycles. The van der Waals surface area contributed by atoms with Gasteiger partial charge in [0.15, 0.2) is 0 Å². The molecule has 2 rings (SSSR count). The monoisotopic (exact) mass is 283 g/mol. The first-order valence-corrected chi connectivity index (χ1v) is 8.24. The van der Waals surface area contributed by atoms with Crippen molar-refractivity contribution in [1.29, 1.82) is 0 Å². The average Bonchev–Trinajstić information content (AvgIpc) is 2.87. The Hall–Kier alpha value is -0.160. The van der Waals surface area contributed by atoms with E-state index in [4.69, 9.17) is 4.74 Å². The van der Waals surface area contributed by atoms with Gasteiger partial charge < -0.3 is 19.9 Å². The molecule has 2 aliphatic rings. The molecular formula is C16H33N3O. The van der Waals surface area contributed by atoms with E-state index in [0.29, 0.717) is 17.7 Å². The molecule has 0 spiro atoms. The van der Waals surface area contributed by atoms with E-state index in [1.165, 1.54) is 38.6 Å². The van der Waals surface area contributed by atoms with Gasteiger partial charge in [0.1, 0.15) is 0 Å². The SMILES string of the molecule is CC(NCCN(C)CC1(N(C)C)CCC1)C1CCCO1. The van der Waals surface area contributed by atoms with Crippen LogP contribution in [0.4, 0.5) is 0 Å². The van der Waals surface area contributed by atoms with Crippen molar-refractivity contribution < 1.29 is 4.74 Å². The van der Waals surface area contributed by atoms with E-state index < -0.39 is 0 Å². The molecule has 4 heteroatoms. The summed E-state index contributed by atoms with van der Waals surface area (Å²) in [7, 11) is 6.71. The molecule has 0 aromatic heterocycles. The zero-order valence-electron chi connectivity index (χ0n) is 13.8. The Bertz CT molecular complexity index is 285. The van der Waals surface area contributed by atoms with Crippen molar-refractivity contribution in [2.45, 2.75) is 56.7 Å². The predicted molar refractivity (Wildman–Crippen MR) is 84.2 cm³/mol. The highest BCUT2D eigenvalue weighted by Crippen LogP contribution is 2.36. The van der Waals surface area contributed by atoms with Crippen LogP contribution in [0, 0.1) is 0 Å². The normalized spacial score (nSPS) is 27.0. The zero-order valence-corrected chi connectivity index (χ0v) is 13.8. The fourth-order valence-corrected chi connectivity index (χ4v) is 3.52. The van der Waals surface area contributed by atoms with E-state index in [9.17, 15) is 0 Å². The van der Waals surface area contributed by atoms with E-state index >= 15 is 0 Å². The van der Waals surface area contributed by atoms with E-state index in [0.717, 1.165) is 19.7 Å². The Morgan fingerprint density at radius 2 is 2.00 bits per heavy atom. The molecule has 0 bridgehead atoms. The van der Waals surface area contributed by atoms with Crippen molar-refractivity contribution in [3.05, 3.63) is 0 Å². The minimum absolute atomic E-state index is 0.431. The summed E-state index contributed by atoms with van der Waals surface area (Å²) >= 11 is 0. The minimum atomic E-state index is 0.431. The summed E-state index contributed by atoms with van der Waals surface area (Å²) in [6.45, 7) is 6.56. The number of nitrogens with zero attached hydrogens (tertiary/aromatic N) is 2. The quantitative estimate of drug-likeness (QED) is 0.732. The Morgan fingerprint density at radius 1 is 1.25 bits per heavy atom. The molecule has 0 aromatic rings. The summed E-state index contributed by atoms with van der Waals surface area (Å²) in [4.78, 5) is 4.91. The predicted octanol–water partition coefficient (Wildman–Crippen LogP) is 1.56. The first kappa shape index (κ1) is 16.2. The van der Waals surface area contributed by atoms with Gasteiger partial charge in [0, 0.05) is 37.8 Å². The molecule has 2 atom stereocenters. The highest BCUT2D eigenvalue weighted by molar-refractivity contribution is 4.97. The maximum Gasteiger partial charge on any atom is 0.0726 e. The molecule has 0 aromatic carbocycles. The minimum Gasteiger partial charge on any atom is -0.377 e. The van der Waals surface area contributed by atoms with Gasteiger partial charge in [0.05, 0.1) is 6.10 Å². The number of hydrogen-bond donors (Lipinski definition) is 1. The van der Waals surface area contributed by atoms with Crippen LogP contribution in [0.25, 0.3) is 0 Å². The first-order chi connectivity index (χ1) is 9.53. The lowest BCUT2D eigenvalue weighted by molar-refractivity contribution is 0.0273. The van der Waals surface area contributed by atoms with Gasteiger partial charge in [-0.2, -0.15) is 0 Å². The van der Waals surface area contributed by atoms with Gasteiger partial charge in [0.2, 0.25) is 0 Å². The van der Waals surface area contributed by atoms with E-state index in [1.54, 1.807) is 0 Å². The maximum atomic E-state index is 5.73. The fraction of sp³-hybridized carbons (Fsp3) is 1.00. The Kier molecular flexibility index (Phi) is 5.84. The second-order valence-electron chi connectivity index (χ2n) is 7.00. The van der Waals surface area contributed by atoms with Crippen LogP contribution < -0.4 is 5.32 Å². The first-order valence-electron chi connectivity index (χ1n) is 8.24. The Balaban J connectivity index is 1.63. The molecular weight excluding hydrogens is 250 g/mol. The van der Waals surface area contributed by atoms with Gasteiger partial charge in [-0.15, -0.1) is 0 Å². The van der Waals surface area contributed by atoms with Gasteiger partial charge in [-0.3, -0.25) is 0 Å². The lowest BCUT2D eigenvalue weighted by Crippen LogP contribution is -2.57. The van der Waals surface area contributed by atoms with Gasteiger partial charge in [-0.05, 0) is 60.2 Å². The molecule has 1 saturated heterocycles. The standard InChI is InChI=1S/C16H33N3O/c1-14(15-7-5-12-20-15)17-10-11-19(4)13-16(18(2)3)8-6-9-16/h14-15,17H,5-13H2,1-4H3. The lowest BCUT2D eigenvalue weighted by Gasteiger charge is -2.49. The third kappa shape index (κ3) is 3.94. The van der Waals surface area contributed by atoms with Gasteiger partial charge in [-0.25, -0.2) is 0 Å². The summed E-state index contributed by atoms with van der Waals surface area (Å²) in [6.07, 6.45) is 6.96. The molecule has 118 valence electrons. The molecule has 1 aliphatic heterocycles. The lowest BCUT2D eigenvalue weighted by atomic mass is 9.75. The van der Waals surface area contributed by atoms with E-state index in [1.807, 2.05) is 0 Å². The molecule has 0 amide bonds. The van der Waals surface area contributed by atoms with Crippen LogP contribution in [-0.4, -0.2) is 74.9 Å². The van der Waals surface area contributed by atoms with Crippen molar-refractivity contribution in [3.8, 4) is 0 Å². The van der Waals surface area contributed by atoms with Crippen LogP contribution in [0.15, 0.2) is 0 Å². The van der Waals surface area contributed by atoms with Crippen LogP contribution in [0.5, 0.6) is 0 Å². The molecule has 4 nitrogen and oxygen atoms in total. The second kappa shape index (κ2) is 7.21. The third-order valence-corrected chi connectivity index (χ3v) is 5.28. The highest BCUT2D eigenvalue weighted by atomic mass is 16.5. The molecule has 2 fully saturated rings. The number of nitrogens with one attached hydrogen (secondary N) is 1. The maximum absolute atomic E-state index is 5.73. The summed E-state index contributed by atoms with van der Waals surface area (Å²) in [6, 6.07) is 0.484.